The van der Waals surface area contributed by atoms with Gasteiger partial charge in [-0.15, -0.1) is 0 Å². The Kier molecular flexibility index (Phi) is 2.28. The van der Waals surface area contributed by atoms with E-state index in [1.54, 1.807) is 0 Å². The second kappa shape index (κ2) is 3.97. The van der Waals surface area contributed by atoms with Crippen LogP contribution in [0.5, 0.6) is 0 Å². The lowest BCUT2D eigenvalue weighted by molar-refractivity contribution is 0.0707. The summed E-state index contributed by atoms with van der Waals surface area (Å²) in [5.74, 6) is 0. The van der Waals surface area contributed by atoms with Crippen LogP contribution in [0.2, 0.25) is 0 Å². The average Bonchev–Trinajstić information content (AvgIpc) is 3.15. The van der Waals surface area contributed by atoms with E-state index in [9.17, 15) is 0 Å². The van der Waals surface area contributed by atoms with Gasteiger partial charge in [-0.1, -0.05) is 24.3 Å². The molecular weight excluding hydrogens is 226 g/mol. The van der Waals surface area contributed by atoms with Crippen LogP contribution in [0, 0.1) is 0 Å². The molecule has 1 N–H and O–H groups in total. The third-order valence-corrected chi connectivity index (χ3v) is 3.63. The van der Waals surface area contributed by atoms with Gasteiger partial charge >= 0.3 is 0 Å². The molecule has 1 aromatic rings. The third-order valence-electron chi connectivity index (χ3n) is 3.63. The number of ether oxygens (including phenoxy) is 2. The highest BCUT2D eigenvalue weighted by Gasteiger charge is 2.26. The van der Waals surface area contributed by atoms with Crippen molar-refractivity contribution in [2.45, 2.75) is 18.6 Å². The number of allylic oxidation sites excluding steroid dienone is 3. The van der Waals surface area contributed by atoms with Gasteiger partial charge in [0.25, 0.3) is 0 Å². The van der Waals surface area contributed by atoms with Crippen LogP contribution in [0.3, 0.4) is 0 Å². The number of aromatic nitrogens is 1. The van der Waals surface area contributed by atoms with Gasteiger partial charge in [0.1, 0.15) is 12.2 Å². The summed E-state index contributed by atoms with van der Waals surface area (Å²) in [4.78, 5) is 3.46. The molecule has 1 aromatic heterocycles. The van der Waals surface area contributed by atoms with Crippen LogP contribution >= 0.6 is 0 Å². The molecule has 0 amide bonds. The van der Waals surface area contributed by atoms with Crippen molar-refractivity contribution in [1.82, 2.24) is 4.98 Å². The first-order valence-electron chi connectivity index (χ1n) is 6.41. The van der Waals surface area contributed by atoms with Crippen molar-refractivity contribution in [2.75, 3.05) is 13.2 Å². The summed E-state index contributed by atoms with van der Waals surface area (Å²) < 4.78 is 11.2. The number of hydrogen-bond acceptors (Lipinski definition) is 2. The maximum atomic E-state index is 5.97. The minimum Gasteiger partial charge on any atom is -0.371 e. The molecule has 0 radical (unpaired) electrons. The van der Waals surface area contributed by atoms with Crippen molar-refractivity contribution < 1.29 is 9.47 Å². The van der Waals surface area contributed by atoms with Crippen LogP contribution in [0.1, 0.15) is 17.2 Å². The van der Waals surface area contributed by atoms with Crippen molar-refractivity contribution >= 4 is 12.2 Å². The van der Waals surface area contributed by atoms with Crippen molar-refractivity contribution in [3.63, 3.8) is 0 Å². The van der Waals surface area contributed by atoms with E-state index < -0.39 is 0 Å². The Morgan fingerprint density at radius 3 is 3.06 bits per heavy atom. The van der Waals surface area contributed by atoms with Crippen LogP contribution in [-0.4, -0.2) is 24.3 Å². The van der Waals surface area contributed by atoms with Crippen LogP contribution in [-0.2, 0) is 15.9 Å². The summed E-state index contributed by atoms with van der Waals surface area (Å²) in [6, 6.07) is 0. The summed E-state index contributed by atoms with van der Waals surface area (Å²) in [6.45, 7) is 1.53. The van der Waals surface area contributed by atoms with Gasteiger partial charge in [0.15, 0.2) is 0 Å². The molecule has 1 unspecified atom stereocenters. The Hall–Kier alpha value is -1.58. The summed E-state index contributed by atoms with van der Waals surface area (Å²) in [6.07, 6.45) is 14.1. The highest BCUT2D eigenvalue weighted by Crippen LogP contribution is 2.23. The van der Waals surface area contributed by atoms with E-state index in [0.29, 0.717) is 12.7 Å². The van der Waals surface area contributed by atoms with Gasteiger partial charge in [-0.05, 0) is 24.1 Å². The number of H-pyrrole nitrogens is 1. The van der Waals surface area contributed by atoms with Crippen LogP contribution in [0.25, 0.3) is 12.2 Å². The smallest absolute Gasteiger partial charge is 0.104 e. The van der Waals surface area contributed by atoms with Gasteiger partial charge in [0.05, 0.1) is 13.2 Å². The fourth-order valence-electron chi connectivity index (χ4n) is 2.63. The van der Waals surface area contributed by atoms with Crippen molar-refractivity contribution in [1.29, 1.82) is 0 Å². The van der Waals surface area contributed by atoms with Crippen molar-refractivity contribution in [2.24, 2.45) is 0 Å². The first kappa shape index (κ1) is 10.4. The molecule has 2 aliphatic carbocycles. The zero-order valence-electron chi connectivity index (χ0n) is 10.1. The van der Waals surface area contributed by atoms with E-state index in [1.165, 1.54) is 21.8 Å². The number of fused-ring (bicyclic) bond motifs is 3. The standard InChI is InChI=1S/C15H15NO2/c1-2-5-12-11(4-1)15-13(16-12)6-3-7-14(15)18-9-10-8-17-10/h1-3,5-7,10,14,16H,4,8-9H2/t10-,14?/m0/s1. The molecule has 0 spiro atoms. The molecule has 3 nitrogen and oxygen atoms in total. The second-order valence-electron chi connectivity index (χ2n) is 4.90. The number of epoxide rings is 1. The Bertz CT molecular complexity index is 647. The molecule has 18 heavy (non-hydrogen) atoms. The van der Waals surface area contributed by atoms with Gasteiger partial charge in [-0.2, -0.15) is 0 Å². The molecule has 2 heterocycles. The Balaban J connectivity index is 1.73. The lowest BCUT2D eigenvalue weighted by Crippen LogP contribution is -2.19. The predicted octanol–water partition coefficient (Wildman–Crippen LogP) is 0.714. The minimum atomic E-state index is 0.0640. The molecule has 0 aromatic carbocycles. The van der Waals surface area contributed by atoms with Gasteiger partial charge in [-0.25, -0.2) is 0 Å². The molecule has 0 bridgehead atoms. The van der Waals surface area contributed by atoms with Crippen LogP contribution < -0.4 is 10.7 Å². The number of nitrogens with one attached hydrogen (secondary N) is 1. The lowest BCUT2D eigenvalue weighted by Gasteiger charge is -2.17. The highest BCUT2D eigenvalue weighted by atomic mass is 16.6. The van der Waals surface area contributed by atoms with Crippen LogP contribution in [0.15, 0.2) is 24.3 Å². The zero-order valence-corrected chi connectivity index (χ0v) is 10.1. The van der Waals surface area contributed by atoms with E-state index in [-0.39, 0.29) is 6.10 Å². The van der Waals surface area contributed by atoms with Gasteiger partial charge in [0.2, 0.25) is 0 Å². The highest BCUT2D eigenvalue weighted by molar-refractivity contribution is 5.52. The Labute approximate surface area is 105 Å². The van der Waals surface area contributed by atoms with E-state index in [2.05, 4.69) is 41.4 Å². The molecule has 4 rings (SSSR count). The molecule has 3 heteroatoms. The average molecular weight is 241 g/mol. The molecule has 1 aliphatic heterocycles. The fourth-order valence-corrected chi connectivity index (χ4v) is 2.63. The number of hydrogen-bond donors (Lipinski definition) is 1. The third kappa shape index (κ3) is 1.67. The van der Waals surface area contributed by atoms with Gasteiger partial charge in [0, 0.05) is 16.3 Å². The number of aromatic amines is 1. The van der Waals surface area contributed by atoms with E-state index in [4.69, 9.17) is 9.47 Å². The topological polar surface area (TPSA) is 37.5 Å². The predicted molar refractivity (Wildman–Crippen MR) is 69.4 cm³/mol. The molecule has 2 atom stereocenters. The molecule has 0 saturated carbocycles. The van der Waals surface area contributed by atoms with E-state index >= 15 is 0 Å². The Morgan fingerprint density at radius 2 is 2.17 bits per heavy atom. The minimum absolute atomic E-state index is 0.0640. The zero-order chi connectivity index (χ0) is 11.9. The van der Waals surface area contributed by atoms with Crippen molar-refractivity contribution in [3.05, 3.63) is 46.1 Å². The lowest BCUT2D eigenvalue weighted by atomic mass is 9.98. The van der Waals surface area contributed by atoms with Gasteiger partial charge < -0.3 is 14.5 Å². The SMILES string of the molecule is C1=CCc2c3c([nH]c2=C1)=CC=CC3OC[C@@H]1CO1. The quantitative estimate of drug-likeness (QED) is 0.792. The summed E-state index contributed by atoms with van der Waals surface area (Å²) in [5.41, 5.74) is 2.67. The summed E-state index contributed by atoms with van der Waals surface area (Å²) >= 11 is 0. The normalized spacial score (nSPS) is 27.1. The summed E-state index contributed by atoms with van der Waals surface area (Å²) in [5, 5.41) is 2.41. The molecule has 1 saturated heterocycles. The molecule has 92 valence electrons. The molecule has 3 aliphatic rings. The van der Waals surface area contributed by atoms with Crippen LogP contribution in [0.4, 0.5) is 0 Å². The summed E-state index contributed by atoms with van der Waals surface area (Å²) in [7, 11) is 0. The second-order valence-corrected chi connectivity index (χ2v) is 4.90. The monoisotopic (exact) mass is 241 g/mol. The van der Waals surface area contributed by atoms with E-state index in [0.717, 1.165) is 13.0 Å². The first-order valence-corrected chi connectivity index (χ1v) is 6.41. The largest absolute Gasteiger partial charge is 0.371 e. The molecule has 1 fully saturated rings. The Morgan fingerprint density at radius 1 is 1.28 bits per heavy atom. The van der Waals surface area contributed by atoms with Gasteiger partial charge in [-0.3, -0.25) is 0 Å². The fraction of sp³-hybridized carbons (Fsp3) is 0.333. The molecular formula is C15H15NO2. The number of rotatable bonds is 3. The first-order chi connectivity index (χ1) is 8.92. The maximum Gasteiger partial charge on any atom is 0.104 e. The van der Waals surface area contributed by atoms with E-state index in [1.807, 2.05) is 0 Å². The van der Waals surface area contributed by atoms with Crippen molar-refractivity contribution in [3.8, 4) is 0 Å². The maximum absolute atomic E-state index is 5.97.